The highest BCUT2D eigenvalue weighted by Gasteiger charge is 2.30. The maximum absolute atomic E-state index is 12.9. The number of hydrogen-bond donors (Lipinski definition) is 2. The molecule has 0 saturated carbocycles. The second-order valence-corrected chi connectivity index (χ2v) is 6.01. The minimum absolute atomic E-state index is 0.0869. The highest BCUT2D eigenvalue weighted by Crippen LogP contribution is 2.29. The van der Waals surface area contributed by atoms with E-state index in [1.54, 1.807) is 0 Å². The average Bonchev–Trinajstić information content (AvgIpc) is 2.62. The van der Waals surface area contributed by atoms with E-state index in [4.69, 9.17) is 4.74 Å². The number of rotatable bonds is 5. The van der Waals surface area contributed by atoms with E-state index in [-0.39, 0.29) is 18.8 Å². The number of benzene rings is 1. The first-order valence-corrected chi connectivity index (χ1v) is 8.14. The number of piperidine rings is 1. The molecule has 1 aliphatic rings. The Balaban J connectivity index is 1.59. The number of nitrogens with zero attached hydrogens (tertiary/aromatic N) is 2. The molecule has 1 aromatic carbocycles. The molecule has 2 heterocycles. The lowest BCUT2D eigenvalue weighted by Gasteiger charge is -2.32. The van der Waals surface area contributed by atoms with E-state index in [1.165, 1.54) is 12.1 Å². The third kappa shape index (κ3) is 4.89. The van der Waals surface area contributed by atoms with Gasteiger partial charge >= 0.3 is 6.18 Å². The molecule has 0 bridgehead atoms. The Hall–Kier alpha value is -2.26. The lowest BCUT2D eigenvalue weighted by atomic mass is 10.0. The highest BCUT2D eigenvalue weighted by molar-refractivity contribution is 5.26. The second kappa shape index (κ2) is 7.96. The van der Waals surface area contributed by atoms with Gasteiger partial charge in [-0.3, -0.25) is 0 Å². The molecule has 26 heavy (non-hydrogen) atoms. The van der Waals surface area contributed by atoms with Crippen LogP contribution in [0.1, 0.15) is 17.5 Å². The summed E-state index contributed by atoms with van der Waals surface area (Å²) in [5, 5.41) is 6.33. The number of nitrogens with one attached hydrogen (secondary N) is 2. The SMILES string of the molecule is Fc1cnc(NC2CCNCC2OCc2ccc(C(F)(F)F)cc2)nc1. The Kier molecular flexibility index (Phi) is 5.67. The molecule has 2 N–H and O–H groups in total. The van der Waals surface area contributed by atoms with Gasteiger partial charge in [-0.25, -0.2) is 14.4 Å². The Morgan fingerprint density at radius 2 is 1.85 bits per heavy atom. The van der Waals surface area contributed by atoms with Gasteiger partial charge in [-0.15, -0.1) is 0 Å². The van der Waals surface area contributed by atoms with Gasteiger partial charge in [-0.2, -0.15) is 13.2 Å². The maximum atomic E-state index is 12.9. The van der Waals surface area contributed by atoms with Crippen LogP contribution in [0.5, 0.6) is 0 Å². The Labute approximate surface area is 147 Å². The van der Waals surface area contributed by atoms with Crippen molar-refractivity contribution in [2.45, 2.75) is 31.3 Å². The van der Waals surface area contributed by atoms with Gasteiger partial charge in [0.1, 0.15) is 0 Å². The number of ether oxygens (including phenoxy) is 1. The van der Waals surface area contributed by atoms with Gasteiger partial charge in [0.05, 0.1) is 36.7 Å². The third-order valence-electron chi connectivity index (χ3n) is 4.11. The van der Waals surface area contributed by atoms with E-state index in [0.29, 0.717) is 18.1 Å². The van der Waals surface area contributed by atoms with Gasteiger partial charge in [0.25, 0.3) is 0 Å². The largest absolute Gasteiger partial charge is 0.416 e. The first-order chi connectivity index (χ1) is 12.4. The van der Waals surface area contributed by atoms with Crippen LogP contribution >= 0.6 is 0 Å². The minimum Gasteiger partial charge on any atom is -0.370 e. The molecule has 2 unspecified atom stereocenters. The molecule has 1 fully saturated rings. The van der Waals surface area contributed by atoms with Crippen LogP contribution in [0.15, 0.2) is 36.7 Å². The Morgan fingerprint density at radius 1 is 1.15 bits per heavy atom. The van der Waals surface area contributed by atoms with Crippen LogP contribution in [0.25, 0.3) is 0 Å². The molecule has 140 valence electrons. The monoisotopic (exact) mass is 370 g/mol. The number of anilines is 1. The lowest BCUT2D eigenvalue weighted by Crippen LogP contribution is -2.49. The zero-order valence-corrected chi connectivity index (χ0v) is 13.8. The van der Waals surface area contributed by atoms with Crippen molar-refractivity contribution in [3.8, 4) is 0 Å². The van der Waals surface area contributed by atoms with Crippen LogP contribution in [-0.2, 0) is 17.5 Å². The lowest BCUT2D eigenvalue weighted by molar-refractivity contribution is -0.137. The van der Waals surface area contributed by atoms with Crippen LogP contribution in [0.3, 0.4) is 0 Å². The van der Waals surface area contributed by atoms with Crippen molar-refractivity contribution < 1.29 is 22.3 Å². The van der Waals surface area contributed by atoms with Gasteiger partial charge in [0.2, 0.25) is 5.95 Å². The molecule has 3 rings (SSSR count). The highest BCUT2D eigenvalue weighted by atomic mass is 19.4. The minimum atomic E-state index is -4.35. The summed E-state index contributed by atoms with van der Waals surface area (Å²) in [5.41, 5.74) is -0.0334. The van der Waals surface area contributed by atoms with Crippen molar-refractivity contribution in [1.29, 1.82) is 0 Å². The molecule has 0 amide bonds. The fourth-order valence-electron chi connectivity index (χ4n) is 2.72. The number of halogens is 4. The first kappa shape index (κ1) is 18.5. The molecule has 2 atom stereocenters. The molecule has 9 heteroatoms. The fourth-order valence-corrected chi connectivity index (χ4v) is 2.72. The smallest absolute Gasteiger partial charge is 0.370 e. The van der Waals surface area contributed by atoms with Crippen molar-refractivity contribution in [1.82, 2.24) is 15.3 Å². The zero-order valence-electron chi connectivity index (χ0n) is 13.8. The summed E-state index contributed by atoms with van der Waals surface area (Å²) < 4.78 is 56.6. The number of alkyl halides is 3. The summed E-state index contributed by atoms with van der Waals surface area (Å²) >= 11 is 0. The summed E-state index contributed by atoms with van der Waals surface area (Å²) in [6.07, 6.45) is -1.67. The van der Waals surface area contributed by atoms with Gasteiger partial charge in [-0.05, 0) is 30.7 Å². The van der Waals surface area contributed by atoms with Crippen molar-refractivity contribution >= 4 is 5.95 Å². The topological polar surface area (TPSA) is 59.1 Å². The number of hydrogen-bond acceptors (Lipinski definition) is 5. The van der Waals surface area contributed by atoms with Crippen molar-refractivity contribution in [3.05, 3.63) is 53.6 Å². The van der Waals surface area contributed by atoms with E-state index < -0.39 is 17.6 Å². The molecular formula is C17H18F4N4O. The fraction of sp³-hybridized carbons (Fsp3) is 0.412. The van der Waals surface area contributed by atoms with E-state index in [1.807, 2.05) is 0 Å². The number of aromatic nitrogens is 2. The predicted molar refractivity (Wildman–Crippen MR) is 86.9 cm³/mol. The van der Waals surface area contributed by atoms with Gasteiger partial charge in [0, 0.05) is 6.54 Å². The third-order valence-corrected chi connectivity index (χ3v) is 4.11. The predicted octanol–water partition coefficient (Wildman–Crippen LogP) is 2.99. The van der Waals surface area contributed by atoms with Crippen LogP contribution in [-0.4, -0.2) is 35.2 Å². The zero-order chi connectivity index (χ0) is 18.6. The molecule has 0 spiro atoms. The normalized spacial score (nSPS) is 20.8. The summed E-state index contributed by atoms with van der Waals surface area (Å²) in [7, 11) is 0. The van der Waals surface area contributed by atoms with Gasteiger partial charge < -0.3 is 15.4 Å². The van der Waals surface area contributed by atoms with Crippen LogP contribution in [0.2, 0.25) is 0 Å². The van der Waals surface area contributed by atoms with Gasteiger partial charge in [0.15, 0.2) is 5.82 Å². The molecule has 1 saturated heterocycles. The quantitative estimate of drug-likeness (QED) is 0.793. The molecule has 0 radical (unpaired) electrons. The Morgan fingerprint density at radius 3 is 2.50 bits per heavy atom. The van der Waals surface area contributed by atoms with Crippen molar-refractivity contribution in [2.24, 2.45) is 0 Å². The van der Waals surface area contributed by atoms with E-state index >= 15 is 0 Å². The molecule has 5 nitrogen and oxygen atoms in total. The van der Waals surface area contributed by atoms with Crippen LogP contribution < -0.4 is 10.6 Å². The Bertz CT molecular complexity index is 706. The molecule has 1 aliphatic heterocycles. The maximum Gasteiger partial charge on any atom is 0.416 e. The summed E-state index contributed by atoms with van der Waals surface area (Å²) in [6.45, 7) is 1.55. The van der Waals surface area contributed by atoms with E-state index in [2.05, 4.69) is 20.6 Å². The molecular weight excluding hydrogens is 352 g/mol. The summed E-state index contributed by atoms with van der Waals surface area (Å²) in [4.78, 5) is 7.76. The van der Waals surface area contributed by atoms with Crippen LogP contribution in [0, 0.1) is 5.82 Å². The van der Waals surface area contributed by atoms with Crippen molar-refractivity contribution in [3.63, 3.8) is 0 Å². The summed E-state index contributed by atoms with van der Waals surface area (Å²) in [6, 6.07) is 4.81. The van der Waals surface area contributed by atoms with Gasteiger partial charge in [-0.1, -0.05) is 12.1 Å². The first-order valence-electron chi connectivity index (χ1n) is 8.14. The van der Waals surface area contributed by atoms with Crippen LogP contribution in [0.4, 0.5) is 23.5 Å². The average molecular weight is 370 g/mol. The van der Waals surface area contributed by atoms with E-state index in [9.17, 15) is 17.6 Å². The molecule has 0 aliphatic carbocycles. The van der Waals surface area contributed by atoms with E-state index in [0.717, 1.165) is 37.5 Å². The molecule has 2 aromatic rings. The van der Waals surface area contributed by atoms with Crippen molar-refractivity contribution in [2.75, 3.05) is 18.4 Å². The summed E-state index contributed by atoms with van der Waals surface area (Å²) in [5.74, 6) is -0.211. The second-order valence-electron chi connectivity index (χ2n) is 6.01. The molecule has 1 aromatic heterocycles. The standard InChI is InChI=1S/C17H18F4N4O/c18-13-7-23-16(24-8-13)25-14-5-6-22-9-15(14)26-10-11-1-3-12(4-2-11)17(19,20)21/h1-4,7-8,14-15,22H,5-6,9-10H2,(H,23,24,25).